The lowest BCUT2D eigenvalue weighted by atomic mass is 9.80. The third-order valence-electron chi connectivity index (χ3n) is 8.67. The summed E-state index contributed by atoms with van der Waals surface area (Å²) in [4.78, 5) is 20.2. The summed E-state index contributed by atoms with van der Waals surface area (Å²) in [5.74, 6) is 0.0918. The number of hydrogen-bond acceptors (Lipinski definition) is 4. The highest BCUT2D eigenvalue weighted by molar-refractivity contribution is 7.09. The van der Waals surface area contributed by atoms with Crippen LogP contribution >= 0.6 is 11.3 Å². The van der Waals surface area contributed by atoms with E-state index in [0.29, 0.717) is 24.1 Å². The van der Waals surface area contributed by atoms with Gasteiger partial charge in [0.2, 0.25) is 0 Å². The van der Waals surface area contributed by atoms with Crippen molar-refractivity contribution >= 4 is 28.5 Å². The minimum Gasteiger partial charge on any atom is -0.331 e. The summed E-state index contributed by atoms with van der Waals surface area (Å²) in [6.45, 7) is 11.3. The van der Waals surface area contributed by atoms with Gasteiger partial charge < -0.3 is 9.36 Å². The van der Waals surface area contributed by atoms with Gasteiger partial charge in [-0.25, -0.2) is 4.98 Å². The molecule has 0 N–H and O–H groups in total. The molecule has 4 rings (SSSR count). The maximum Gasteiger partial charge on any atom is 0.406 e. The zero-order valence-corrected chi connectivity index (χ0v) is 27.9. The second kappa shape index (κ2) is 15.4. The van der Waals surface area contributed by atoms with Gasteiger partial charge in [-0.1, -0.05) is 52.7 Å². The number of carbonyl (C=O) groups is 1. The number of alkyl halides is 3. The molecule has 0 aliphatic heterocycles. The van der Waals surface area contributed by atoms with Gasteiger partial charge >= 0.3 is 6.18 Å². The first-order chi connectivity index (χ1) is 21.5. The maximum atomic E-state index is 14.3. The number of halogens is 3. The van der Waals surface area contributed by atoms with E-state index < -0.39 is 12.7 Å². The van der Waals surface area contributed by atoms with Crippen molar-refractivity contribution in [1.29, 1.82) is 0 Å². The molecule has 1 unspecified atom stereocenters. The van der Waals surface area contributed by atoms with Crippen LogP contribution in [0.5, 0.6) is 0 Å². The topological polar surface area (TPSA) is 47.8 Å². The standard InChI is InChI=1S/C37H46F3N3OS/c1-6-8-19-36(4,5)23-30-29-22-27(31-24-45-33(42-31)16-12-10-9-11-13-21-44)17-18-32(29)43(25-37(38,39)40)35(30)28-15-14-20-41-34(28)26(3)7-2/h6,14-15,17-18,20-22,24,26H,1,7-13,16,19,23,25H2,2-5H3. The molecule has 3 heterocycles. The number of aldehydes is 1. The van der Waals surface area contributed by atoms with Gasteiger partial charge in [-0.05, 0) is 86.1 Å². The highest BCUT2D eigenvalue weighted by atomic mass is 32.1. The van der Waals surface area contributed by atoms with Crippen LogP contribution in [0.15, 0.2) is 54.6 Å². The molecule has 0 saturated heterocycles. The van der Waals surface area contributed by atoms with E-state index in [9.17, 15) is 18.0 Å². The fraction of sp³-hybridized carbons (Fsp3) is 0.486. The molecule has 0 amide bonds. The second-order valence-electron chi connectivity index (χ2n) is 12.9. The molecular weight excluding hydrogens is 591 g/mol. The van der Waals surface area contributed by atoms with Gasteiger partial charge in [0.05, 0.1) is 22.1 Å². The number of carbonyl (C=O) groups excluding carboxylic acids is 1. The third-order valence-corrected chi connectivity index (χ3v) is 9.58. The van der Waals surface area contributed by atoms with Crippen molar-refractivity contribution in [2.24, 2.45) is 5.41 Å². The van der Waals surface area contributed by atoms with Crippen molar-refractivity contribution in [3.05, 3.63) is 70.8 Å². The van der Waals surface area contributed by atoms with Crippen molar-refractivity contribution in [1.82, 2.24) is 14.5 Å². The Hall–Kier alpha value is -3.26. The highest BCUT2D eigenvalue weighted by Gasteiger charge is 2.34. The molecule has 4 nitrogen and oxygen atoms in total. The Labute approximate surface area is 269 Å². The number of nitrogens with zero attached hydrogens (tertiary/aromatic N) is 3. The molecule has 3 aromatic heterocycles. The summed E-state index contributed by atoms with van der Waals surface area (Å²) in [5.41, 5.74) is 5.29. The van der Waals surface area contributed by atoms with Crippen LogP contribution in [0.3, 0.4) is 0 Å². The van der Waals surface area contributed by atoms with Crippen molar-refractivity contribution in [2.45, 2.75) is 111 Å². The molecule has 45 heavy (non-hydrogen) atoms. The van der Waals surface area contributed by atoms with Gasteiger partial charge in [-0.15, -0.1) is 17.9 Å². The van der Waals surface area contributed by atoms with E-state index in [0.717, 1.165) is 96.1 Å². The molecule has 242 valence electrons. The van der Waals surface area contributed by atoms with E-state index in [1.165, 1.54) is 4.57 Å². The van der Waals surface area contributed by atoms with Crippen molar-refractivity contribution in [2.75, 3.05) is 0 Å². The Morgan fingerprint density at radius 2 is 1.87 bits per heavy atom. The number of aryl methyl sites for hydroxylation is 1. The first-order valence-corrected chi connectivity index (χ1v) is 17.0. The van der Waals surface area contributed by atoms with Gasteiger partial charge in [-0.3, -0.25) is 4.98 Å². The summed E-state index contributed by atoms with van der Waals surface area (Å²) in [5, 5.41) is 3.93. The Bertz CT molecular complexity index is 1580. The minimum atomic E-state index is -4.40. The molecule has 0 aliphatic rings. The van der Waals surface area contributed by atoms with Crippen LogP contribution in [0, 0.1) is 5.41 Å². The second-order valence-corrected chi connectivity index (χ2v) is 13.9. The SMILES string of the molecule is C=CCCC(C)(C)Cc1c(-c2cccnc2C(C)CC)n(CC(F)(F)F)c2ccc(-c3csc(CCCCCCC=O)n3)cc12. The lowest BCUT2D eigenvalue weighted by Gasteiger charge is -2.26. The molecule has 0 fully saturated rings. The van der Waals surface area contributed by atoms with E-state index in [1.54, 1.807) is 17.5 Å². The summed E-state index contributed by atoms with van der Waals surface area (Å²) in [6, 6.07) is 9.55. The molecule has 1 atom stereocenters. The number of allylic oxidation sites excluding steroid dienone is 1. The quantitative estimate of drug-likeness (QED) is 0.0657. The van der Waals surface area contributed by atoms with Crippen LogP contribution in [-0.2, 0) is 24.2 Å². The summed E-state index contributed by atoms with van der Waals surface area (Å²) < 4.78 is 44.3. The zero-order chi connectivity index (χ0) is 32.6. The molecule has 0 saturated carbocycles. The smallest absolute Gasteiger partial charge is 0.331 e. The number of benzene rings is 1. The van der Waals surface area contributed by atoms with Crippen molar-refractivity contribution < 1.29 is 18.0 Å². The van der Waals surface area contributed by atoms with Crippen molar-refractivity contribution in [3.8, 4) is 22.5 Å². The molecule has 0 bridgehead atoms. The average molecular weight is 638 g/mol. The molecular formula is C37H46F3N3OS. The summed E-state index contributed by atoms with van der Waals surface area (Å²) in [6.07, 6.45) is 8.88. The lowest BCUT2D eigenvalue weighted by molar-refractivity contribution is -0.139. The fourth-order valence-corrected chi connectivity index (χ4v) is 6.94. The number of aromatic nitrogens is 3. The van der Waals surface area contributed by atoms with E-state index in [4.69, 9.17) is 9.97 Å². The average Bonchev–Trinajstić information content (AvgIpc) is 3.59. The van der Waals surface area contributed by atoms with Crippen LogP contribution in [-0.4, -0.2) is 27.0 Å². The van der Waals surface area contributed by atoms with Gasteiger partial charge in [0.1, 0.15) is 12.8 Å². The molecule has 0 spiro atoms. The number of rotatable bonds is 17. The monoisotopic (exact) mass is 637 g/mol. The fourth-order valence-electron chi connectivity index (χ4n) is 6.09. The Kier molecular flexibility index (Phi) is 11.8. The van der Waals surface area contributed by atoms with Crippen LogP contribution in [0.4, 0.5) is 13.2 Å². The van der Waals surface area contributed by atoms with Crippen molar-refractivity contribution in [3.63, 3.8) is 0 Å². The van der Waals surface area contributed by atoms with Crippen LogP contribution < -0.4 is 0 Å². The number of pyridine rings is 1. The molecule has 0 aliphatic carbocycles. The Morgan fingerprint density at radius 3 is 2.58 bits per heavy atom. The minimum absolute atomic E-state index is 0.0918. The number of hydrogen-bond donors (Lipinski definition) is 0. The predicted molar refractivity (Wildman–Crippen MR) is 181 cm³/mol. The van der Waals surface area contributed by atoms with Gasteiger partial charge in [0.25, 0.3) is 0 Å². The van der Waals surface area contributed by atoms with Crippen LogP contribution in [0.2, 0.25) is 0 Å². The molecule has 0 radical (unpaired) electrons. The van der Waals surface area contributed by atoms with E-state index >= 15 is 0 Å². The zero-order valence-electron chi connectivity index (χ0n) is 27.1. The number of thiazole rings is 1. The molecule has 8 heteroatoms. The summed E-state index contributed by atoms with van der Waals surface area (Å²) >= 11 is 1.62. The first kappa shape index (κ1) is 34.6. The largest absolute Gasteiger partial charge is 0.406 e. The van der Waals surface area contributed by atoms with Gasteiger partial charge in [0.15, 0.2) is 0 Å². The maximum absolute atomic E-state index is 14.3. The normalized spacial score (nSPS) is 13.0. The van der Waals surface area contributed by atoms with E-state index in [-0.39, 0.29) is 11.3 Å². The van der Waals surface area contributed by atoms with E-state index in [1.807, 2.05) is 41.8 Å². The molecule has 1 aromatic carbocycles. The predicted octanol–water partition coefficient (Wildman–Crippen LogP) is 11.1. The number of unbranched alkanes of at least 4 members (excludes halogenated alkanes) is 4. The summed E-state index contributed by atoms with van der Waals surface area (Å²) in [7, 11) is 0. The number of fused-ring (bicyclic) bond motifs is 1. The Balaban J connectivity index is 1.86. The van der Waals surface area contributed by atoms with E-state index in [2.05, 4.69) is 34.3 Å². The van der Waals surface area contributed by atoms with Gasteiger partial charge in [0, 0.05) is 40.0 Å². The van der Waals surface area contributed by atoms with Gasteiger partial charge in [-0.2, -0.15) is 13.2 Å². The Morgan fingerprint density at radius 1 is 1.09 bits per heavy atom. The van der Waals surface area contributed by atoms with Crippen LogP contribution in [0.1, 0.15) is 101 Å². The first-order valence-electron chi connectivity index (χ1n) is 16.1. The third kappa shape index (κ3) is 8.93. The van der Waals surface area contributed by atoms with Crippen LogP contribution in [0.25, 0.3) is 33.4 Å². The molecule has 4 aromatic rings. The lowest BCUT2D eigenvalue weighted by Crippen LogP contribution is -2.20. The highest BCUT2D eigenvalue weighted by Crippen LogP contribution is 2.43.